The Bertz CT molecular complexity index is 3740. The highest BCUT2D eigenvalue weighted by Gasteiger charge is 2.35. The SMILES string of the molecule is CCCCCCCCCCCCOP(OCCCCCCCCCCCC)Oc1cc(C)c(C(CC(C)c2cc(C(C)(C)C)c(OP(Oc3cccc(CCCCCCCC)c3)Oc3cccc(CCCCCCCC)c3)cc2C)c2cc(C(C)(C)C)c(OP(OCCCCCCCCCCCC)Oc3cccc(CCCCCCCC)c3)cc2C)cc1C(C)(C)C. The van der Waals surface area contributed by atoms with E-state index >= 15 is 0 Å². The van der Waals surface area contributed by atoms with Gasteiger partial charge in [0.25, 0.3) is 0 Å². The molecule has 6 aromatic rings. The molecule has 716 valence electrons. The molecule has 0 N–H and O–H groups in total. The first-order chi connectivity index (χ1) is 61.4. The predicted molar refractivity (Wildman–Crippen MR) is 553 cm³/mol. The van der Waals surface area contributed by atoms with Gasteiger partial charge in [-0.25, -0.2) is 0 Å². The molecule has 9 nitrogen and oxygen atoms in total. The first kappa shape index (κ1) is 111. The lowest BCUT2D eigenvalue weighted by Crippen LogP contribution is -2.19. The Hall–Kier alpha value is -4.71. The van der Waals surface area contributed by atoms with Crippen molar-refractivity contribution in [3.05, 3.63) is 176 Å². The van der Waals surface area contributed by atoms with E-state index in [4.69, 9.17) is 40.7 Å². The van der Waals surface area contributed by atoms with Gasteiger partial charge >= 0.3 is 25.8 Å². The molecule has 0 spiro atoms. The van der Waals surface area contributed by atoms with Crippen LogP contribution in [0.5, 0.6) is 34.5 Å². The van der Waals surface area contributed by atoms with Gasteiger partial charge in [0.05, 0.1) is 19.8 Å². The molecule has 0 heterocycles. The number of hydrogen-bond acceptors (Lipinski definition) is 9. The summed E-state index contributed by atoms with van der Waals surface area (Å²) in [7, 11) is -5.52. The summed E-state index contributed by atoms with van der Waals surface area (Å²) < 4.78 is 63.8. The quantitative estimate of drug-likeness (QED) is 0.0274. The minimum atomic E-state index is -1.98. The third-order valence-corrected chi connectivity index (χ3v) is 29.0. The highest BCUT2D eigenvalue weighted by Crippen LogP contribution is 2.53. The molecule has 0 aliphatic rings. The minimum Gasteiger partial charge on any atom is -0.426 e. The van der Waals surface area contributed by atoms with Crippen LogP contribution in [0.1, 0.15) is 504 Å². The lowest BCUT2D eigenvalue weighted by Gasteiger charge is -2.33. The average molecular weight is 1810 g/mol. The fourth-order valence-electron chi connectivity index (χ4n) is 17.8. The Morgan fingerprint density at radius 3 is 0.780 bits per heavy atom. The number of unbranched alkanes of at least 4 members (excludes halogenated alkanes) is 42. The summed E-state index contributed by atoms with van der Waals surface area (Å²) in [6.07, 6.45) is 64.5. The van der Waals surface area contributed by atoms with E-state index < -0.39 is 25.8 Å². The van der Waals surface area contributed by atoms with E-state index in [2.05, 4.69) is 241 Å². The Kier molecular flexibility index (Phi) is 56.8. The molecular formula is C115H187O9P3. The highest BCUT2D eigenvalue weighted by molar-refractivity contribution is 7.43. The molecule has 6 aromatic carbocycles. The molecule has 0 fully saturated rings. The van der Waals surface area contributed by atoms with Gasteiger partial charge in [-0.2, -0.15) is 0 Å². The molecule has 127 heavy (non-hydrogen) atoms. The van der Waals surface area contributed by atoms with Gasteiger partial charge in [0.15, 0.2) is 0 Å². The van der Waals surface area contributed by atoms with Crippen LogP contribution in [0.15, 0.2) is 109 Å². The predicted octanol–water partition coefficient (Wildman–Crippen LogP) is 39.4. The molecule has 3 atom stereocenters. The highest BCUT2D eigenvalue weighted by atomic mass is 31.2. The lowest BCUT2D eigenvalue weighted by atomic mass is 9.74. The zero-order chi connectivity index (χ0) is 91.8. The monoisotopic (exact) mass is 1810 g/mol. The van der Waals surface area contributed by atoms with Crippen LogP contribution in [0, 0.1) is 20.8 Å². The number of aryl methyl sites for hydroxylation is 6. The molecule has 3 unspecified atom stereocenters. The average Bonchev–Trinajstić information content (AvgIpc) is 0.760. The van der Waals surface area contributed by atoms with Crippen LogP contribution in [-0.4, -0.2) is 19.8 Å². The van der Waals surface area contributed by atoms with E-state index in [0.717, 1.165) is 134 Å². The van der Waals surface area contributed by atoms with Gasteiger partial charge in [-0.05, 0) is 212 Å². The zero-order valence-electron chi connectivity index (χ0n) is 85.0. The second-order valence-electron chi connectivity index (χ2n) is 40.8. The number of rotatable bonds is 74. The van der Waals surface area contributed by atoms with Crippen LogP contribution < -0.4 is 27.1 Å². The van der Waals surface area contributed by atoms with Crippen LogP contribution in [0.2, 0.25) is 0 Å². The van der Waals surface area contributed by atoms with Crippen LogP contribution in [-0.2, 0) is 49.1 Å². The molecule has 0 radical (unpaired) electrons. The van der Waals surface area contributed by atoms with Crippen molar-refractivity contribution in [2.45, 2.75) is 494 Å². The first-order valence-corrected chi connectivity index (χ1v) is 55.8. The Morgan fingerprint density at radius 2 is 0.488 bits per heavy atom. The molecule has 0 saturated heterocycles. The van der Waals surface area contributed by atoms with Gasteiger partial charge in [0.1, 0.15) is 34.5 Å². The van der Waals surface area contributed by atoms with Crippen LogP contribution in [0.4, 0.5) is 0 Å². The van der Waals surface area contributed by atoms with Crippen molar-refractivity contribution in [3.63, 3.8) is 0 Å². The van der Waals surface area contributed by atoms with Crippen molar-refractivity contribution < 1.29 is 40.7 Å². The maximum absolute atomic E-state index is 7.38. The molecule has 0 amide bonds. The molecule has 6 rings (SSSR count). The molecule has 0 saturated carbocycles. The second-order valence-corrected chi connectivity index (χ2v) is 44.0. The summed E-state index contributed by atoms with van der Waals surface area (Å²) >= 11 is 0. The Balaban J connectivity index is 1.46. The maximum Gasteiger partial charge on any atom is 0.530 e. The van der Waals surface area contributed by atoms with Crippen LogP contribution in [0.3, 0.4) is 0 Å². The Labute approximate surface area is 785 Å². The van der Waals surface area contributed by atoms with Crippen molar-refractivity contribution in [2.75, 3.05) is 19.8 Å². The Morgan fingerprint density at radius 1 is 0.252 bits per heavy atom. The van der Waals surface area contributed by atoms with E-state index in [1.807, 2.05) is 0 Å². The largest absolute Gasteiger partial charge is 0.530 e. The minimum absolute atomic E-state index is 0.0709. The second kappa shape index (κ2) is 65.0. The lowest BCUT2D eigenvalue weighted by molar-refractivity contribution is 0.197. The maximum atomic E-state index is 7.38. The van der Waals surface area contributed by atoms with Crippen molar-refractivity contribution in [1.29, 1.82) is 0 Å². The van der Waals surface area contributed by atoms with E-state index in [1.54, 1.807) is 0 Å². The third-order valence-electron chi connectivity index (χ3n) is 25.7. The molecule has 0 aliphatic heterocycles. The summed E-state index contributed by atoms with van der Waals surface area (Å²) in [5.41, 5.74) is 13.6. The summed E-state index contributed by atoms with van der Waals surface area (Å²) in [6.45, 7) is 45.9. The number of benzene rings is 6. The van der Waals surface area contributed by atoms with E-state index in [9.17, 15) is 0 Å². The fourth-order valence-corrected chi connectivity index (χ4v) is 20.8. The van der Waals surface area contributed by atoms with E-state index in [0.29, 0.717) is 19.8 Å². The van der Waals surface area contributed by atoms with Crippen molar-refractivity contribution in [3.8, 4) is 34.5 Å². The molecule has 0 aliphatic carbocycles. The van der Waals surface area contributed by atoms with Crippen LogP contribution in [0.25, 0.3) is 0 Å². The van der Waals surface area contributed by atoms with Crippen molar-refractivity contribution >= 4 is 25.8 Å². The van der Waals surface area contributed by atoms with Crippen LogP contribution >= 0.6 is 25.8 Å². The van der Waals surface area contributed by atoms with Gasteiger partial charge in [0.2, 0.25) is 0 Å². The standard InChI is InChI=1S/C115H187O9P3/c1-20-26-32-38-44-47-50-53-59-65-80-116-125(117-81-66-60-54-51-48-45-39-33-27-21-2)122-110-85-95(9)104(91-108(110)114(14,15)16)106(105-92-109(115(17,18)19)111(86-96(105)10)123-126(118-82-67-61-55-52-49-46-40-34-28-22-3)119-100-77-68-74-97(87-100)71-62-56-41-35-29-23-4)83-93(7)103-90-107(113(11,12)13)112(84-94(103)8)124-127(120-101-78-69-75-98(88-101)72-63-57-42-36-30-24-5)121-102-79-70-76-99(89-102)73-64-58-43-37-31-25-6/h68-70,74-79,84-93,106H,20-67,71-73,80-83H2,1-19H3. The van der Waals surface area contributed by atoms with E-state index in [1.165, 1.54) is 301 Å². The van der Waals surface area contributed by atoms with Gasteiger partial charge in [-0.15, -0.1) is 0 Å². The first-order valence-electron chi connectivity index (χ1n) is 52.5. The molecule has 0 bridgehead atoms. The van der Waals surface area contributed by atoms with Crippen molar-refractivity contribution in [1.82, 2.24) is 0 Å². The number of hydrogen-bond donors (Lipinski definition) is 0. The zero-order valence-corrected chi connectivity index (χ0v) is 87.6. The summed E-state index contributed by atoms with van der Waals surface area (Å²) in [5.74, 6) is 4.78. The van der Waals surface area contributed by atoms with Gasteiger partial charge in [0, 0.05) is 22.6 Å². The summed E-state index contributed by atoms with van der Waals surface area (Å²) in [5, 5.41) is 0. The normalized spacial score (nSPS) is 12.8. The molecular weight excluding hydrogens is 1620 g/mol. The topological polar surface area (TPSA) is 83.1 Å². The summed E-state index contributed by atoms with van der Waals surface area (Å²) in [6, 6.07) is 40.4. The van der Waals surface area contributed by atoms with Gasteiger partial charge in [-0.3, -0.25) is 4.52 Å². The van der Waals surface area contributed by atoms with Gasteiger partial charge in [-0.1, -0.05) is 435 Å². The molecule has 0 aromatic heterocycles. The smallest absolute Gasteiger partial charge is 0.426 e. The fraction of sp³-hybridized carbons (Fsp3) is 0.687. The van der Waals surface area contributed by atoms with E-state index in [-0.39, 0.29) is 28.1 Å². The molecule has 12 heteroatoms. The third kappa shape index (κ3) is 45.7. The van der Waals surface area contributed by atoms with Crippen molar-refractivity contribution in [2.24, 2.45) is 0 Å². The van der Waals surface area contributed by atoms with Gasteiger partial charge < -0.3 is 36.2 Å². The summed E-state index contributed by atoms with van der Waals surface area (Å²) in [4.78, 5) is 0.